The van der Waals surface area contributed by atoms with E-state index < -0.39 is 0 Å². The van der Waals surface area contributed by atoms with Gasteiger partial charge in [-0.2, -0.15) is 0 Å². The number of benzene rings is 1. The molecule has 26 heavy (non-hydrogen) atoms. The summed E-state index contributed by atoms with van der Waals surface area (Å²) in [5, 5.41) is 12.8. The Morgan fingerprint density at radius 3 is 2.81 bits per heavy atom. The monoisotopic (exact) mass is 393 g/mol. The first-order valence-electron chi connectivity index (χ1n) is 9.01. The molecule has 1 aliphatic rings. The molecule has 3 rings (SSSR count). The average Bonchev–Trinajstić information content (AvgIpc) is 3.29. The fourth-order valence-corrected chi connectivity index (χ4v) is 3.98. The van der Waals surface area contributed by atoms with Gasteiger partial charge in [-0.15, -0.1) is 10.2 Å². The van der Waals surface area contributed by atoms with Gasteiger partial charge in [-0.25, -0.2) is 0 Å². The lowest BCUT2D eigenvalue weighted by Gasteiger charge is -2.19. The Hall–Kier alpha value is -1.73. The summed E-state index contributed by atoms with van der Waals surface area (Å²) in [7, 11) is 0. The summed E-state index contributed by atoms with van der Waals surface area (Å²) in [5.41, 5.74) is 0.910. The number of nitrogens with zero attached hydrogens (tertiary/aromatic N) is 4. The number of anilines is 1. The fourth-order valence-electron chi connectivity index (χ4n) is 2.91. The summed E-state index contributed by atoms with van der Waals surface area (Å²) in [6, 6.07) is 7.65. The highest BCUT2D eigenvalue weighted by Gasteiger charge is 2.25. The SMILES string of the molecule is CCCNC(=O)[C@@H](C)Sc1nnc(N2CCCC2)n1-c1cccc(Cl)c1. The second-order valence-electron chi connectivity index (χ2n) is 6.34. The van der Waals surface area contributed by atoms with Gasteiger partial charge in [0.15, 0.2) is 5.16 Å². The van der Waals surface area contributed by atoms with E-state index in [4.69, 9.17) is 11.6 Å². The summed E-state index contributed by atoms with van der Waals surface area (Å²) in [5.74, 6) is 0.827. The summed E-state index contributed by atoms with van der Waals surface area (Å²) in [6.07, 6.45) is 3.22. The summed E-state index contributed by atoms with van der Waals surface area (Å²) in [4.78, 5) is 14.5. The van der Waals surface area contributed by atoms with Crippen LogP contribution >= 0.6 is 23.4 Å². The number of nitrogens with one attached hydrogen (secondary N) is 1. The molecule has 1 atom stereocenters. The Morgan fingerprint density at radius 2 is 2.12 bits per heavy atom. The number of carbonyl (C=O) groups excluding carboxylic acids is 1. The van der Waals surface area contributed by atoms with E-state index in [1.165, 1.54) is 11.8 Å². The molecule has 2 heterocycles. The quantitative estimate of drug-likeness (QED) is 0.729. The molecule has 0 spiro atoms. The number of hydrogen-bond acceptors (Lipinski definition) is 5. The van der Waals surface area contributed by atoms with Crippen LogP contribution < -0.4 is 10.2 Å². The first-order valence-corrected chi connectivity index (χ1v) is 10.3. The van der Waals surface area contributed by atoms with Crippen molar-refractivity contribution < 1.29 is 4.79 Å². The molecule has 0 bridgehead atoms. The first-order chi connectivity index (χ1) is 12.6. The lowest BCUT2D eigenvalue weighted by molar-refractivity contribution is -0.120. The minimum atomic E-state index is -0.255. The van der Waals surface area contributed by atoms with Crippen LogP contribution in [0.25, 0.3) is 5.69 Å². The molecule has 6 nitrogen and oxygen atoms in total. The molecule has 1 aromatic heterocycles. The van der Waals surface area contributed by atoms with E-state index in [1.54, 1.807) is 0 Å². The van der Waals surface area contributed by atoms with Crippen LogP contribution in [0.4, 0.5) is 5.95 Å². The molecule has 1 saturated heterocycles. The van der Waals surface area contributed by atoms with Gasteiger partial charge in [0.1, 0.15) is 0 Å². The van der Waals surface area contributed by atoms with Crippen molar-refractivity contribution in [1.82, 2.24) is 20.1 Å². The molecule has 1 N–H and O–H groups in total. The standard InChI is InChI=1S/C18H24ClN5OS/c1-3-9-20-16(25)13(2)26-18-22-21-17(23-10-4-5-11-23)24(18)15-8-6-7-14(19)12-15/h6-8,12-13H,3-5,9-11H2,1-2H3,(H,20,25)/t13-/m1/s1. The maximum absolute atomic E-state index is 12.3. The molecule has 0 radical (unpaired) electrons. The zero-order chi connectivity index (χ0) is 18.5. The van der Waals surface area contributed by atoms with Gasteiger partial charge in [0.05, 0.1) is 10.9 Å². The second-order valence-corrected chi connectivity index (χ2v) is 8.09. The maximum atomic E-state index is 12.3. The predicted octanol–water partition coefficient (Wildman–Crippen LogP) is 3.53. The van der Waals surface area contributed by atoms with Gasteiger partial charge in [-0.05, 0) is 44.4 Å². The van der Waals surface area contributed by atoms with Gasteiger partial charge in [0.2, 0.25) is 11.9 Å². The fraction of sp³-hybridized carbons (Fsp3) is 0.500. The van der Waals surface area contributed by atoms with Crippen LogP contribution in [0.2, 0.25) is 5.02 Å². The van der Waals surface area contributed by atoms with Crippen molar-refractivity contribution in [2.75, 3.05) is 24.5 Å². The van der Waals surface area contributed by atoms with E-state index in [0.717, 1.165) is 44.0 Å². The van der Waals surface area contributed by atoms with Crippen molar-refractivity contribution in [1.29, 1.82) is 0 Å². The zero-order valence-electron chi connectivity index (χ0n) is 15.1. The van der Waals surface area contributed by atoms with E-state index in [1.807, 2.05) is 42.7 Å². The van der Waals surface area contributed by atoms with Crippen molar-refractivity contribution in [2.24, 2.45) is 0 Å². The molecular formula is C18H24ClN5OS. The van der Waals surface area contributed by atoms with Crippen LogP contribution in [0.5, 0.6) is 0 Å². The molecule has 8 heteroatoms. The summed E-state index contributed by atoms with van der Waals surface area (Å²) in [6.45, 7) is 6.55. The molecule has 2 aromatic rings. The molecule has 140 valence electrons. The minimum Gasteiger partial charge on any atom is -0.355 e. The Labute approximate surface area is 163 Å². The summed E-state index contributed by atoms with van der Waals surface area (Å²) >= 11 is 7.62. The molecule has 1 aromatic carbocycles. The number of carbonyl (C=O) groups is 1. The van der Waals surface area contributed by atoms with Gasteiger partial charge in [0, 0.05) is 24.7 Å². The van der Waals surface area contributed by atoms with Crippen molar-refractivity contribution in [2.45, 2.75) is 43.5 Å². The minimum absolute atomic E-state index is 0.0141. The number of halogens is 1. The van der Waals surface area contributed by atoms with Gasteiger partial charge in [-0.1, -0.05) is 36.4 Å². The van der Waals surface area contributed by atoms with Crippen LogP contribution in [0.1, 0.15) is 33.1 Å². The zero-order valence-corrected chi connectivity index (χ0v) is 16.7. The van der Waals surface area contributed by atoms with E-state index in [2.05, 4.69) is 20.4 Å². The largest absolute Gasteiger partial charge is 0.355 e. The lowest BCUT2D eigenvalue weighted by Crippen LogP contribution is -2.31. The Balaban J connectivity index is 1.91. The topological polar surface area (TPSA) is 63.1 Å². The van der Waals surface area contributed by atoms with Crippen molar-refractivity contribution in [3.8, 4) is 5.69 Å². The van der Waals surface area contributed by atoms with E-state index in [-0.39, 0.29) is 11.2 Å². The smallest absolute Gasteiger partial charge is 0.233 e. The normalized spacial score (nSPS) is 15.3. The van der Waals surface area contributed by atoms with Gasteiger partial charge >= 0.3 is 0 Å². The highest BCUT2D eigenvalue weighted by Crippen LogP contribution is 2.31. The van der Waals surface area contributed by atoms with E-state index in [9.17, 15) is 4.79 Å². The van der Waals surface area contributed by atoms with Crippen LogP contribution in [0, 0.1) is 0 Å². The third kappa shape index (κ3) is 4.32. The molecule has 0 saturated carbocycles. The van der Waals surface area contributed by atoms with Gasteiger partial charge in [0.25, 0.3) is 0 Å². The lowest BCUT2D eigenvalue weighted by atomic mass is 10.3. The Morgan fingerprint density at radius 1 is 1.35 bits per heavy atom. The van der Waals surface area contributed by atoms with Gasteiger partial charge in [-0.3, -0.25) is 9.36 Å². The predicted molar refractivity (Wildman–Crippen MR) is 106 cm³/mol. The molecule has 1 aliphatic heterocycles. The first kappa shape index (κ1) is 19.0. The molecule has 1 amide bonds. The van der Waals surface area contributed by atoms with Gasteiger partial charge < -0.3 is 10.2 Å². The molecule has 0 aliphatic carbocycles. The highest BCUT2D eigenvalue weighted by molar-refractivity contribution is 8.00. The molecule has 1 fully saturated rings. The van der Waals surface area contributed by atoms with E-state index >= 15 is 0 Å². The van der Waals surface area contributed by atoms with Crippen molar-refractivity contribution in [3.63, 3.8) is 0 Å². The number of rotatable bonds is 7. The van der Waals surface area contributed by atoms with Crippen LogP contribution in [0.3, 0.4) is 0 Å². The second kappa shape index (κ2) is 8.77. The van der Waals surface area contributed by atoms with Crippen LogP contribution in [0.15, 0.2) is 29.4 Å². The number of hydrogen-bond donors (Lipinski definition) is 1. The Bertz CT molecular complexity index is 760. The van der Waals surface area contributed by atoms with Crippen LogP contribution in [-0.4, -0.2) is 45.6 Å². The third-order valence-electron chi connectivity index (χ3n) is 4.27. The van der Waals surface area contributed by atoms with Crippen molar-refractivity contribution in [3.05, 3.63) is 29.3 Å². The number of amides is 1. The maximum Gasteiger partial charge on any atom is 0.233 e. The number of thioether (sulfide) groups is 1. The molecular weight excluding hydrogens is 370 g/mol. The van der Waals surface area contributed by atoms with Crippen LogP contribution in [-0.2, 0) is 4.79 Å². The highest BCUT2D eigenvalue weighted by atomic mass is 35.5. The van der Waals surface area contributed by atoms with E-state index in [0.29, 0.717) is 16.7 Å². The number of aromatic nitrogens is 3. The Kier molecular flexibility index (Phi) is 6.43. The van der Waals surface area contributed by atoms with Crippen molar-refractivity contribution >= 4 is 35.2 Å². The third-order valence-corrected chi connectivity index (χ3v) is 5.55. The molecule has 0 unspecified atom stereocenters. The average molecular weight is 394 g/mol. The summed E-state index contributed by atoms with van der Waals surface area (Å²) < 4.78 is 2.01.